The van der Waals surface area contributed by atoms with Crippen molar-refractivity contribution in [2.24, 2.45) is 11.7 Å². The smallest absolute Gasteiger partial charge is 0.253 e. The largest absolute Gasteiger partial charge is 0.396 e. The number of aromatic nitrogens is 4. The lowest BCUT2D eigenvalue weighted by Crippen LogP contribution is -2.25. The minimum atomic E-state index is -0.465. The van der Waals surface area contributed by atoms with Crippen LogP contribution in [0.4, 0.5) is 5.69 Å². The lowest BCUT2D eigenvalue weighted by molar-refractivity contribution is 0.100. The van der Waals surface area contributed by atoms with Crippen LogP contribution in [0.3, 0.4) is 0 Å². The predicted molar refractivity (Wildman–Crippen MR) is 137 cm³/mol. The fourth-order valence-corrected chi connectivity index (χ4v) is 6.13. The number of aliphatic hydroxyl groups is 1. The number of fused-ring (bicyclic) bond motifs is 2. The molecule has 1 atom stereocenters. The summed E-state index contributed by atoms with van der Waals surface area (Å²) < 4.78 is 2.34. The molecule has 6 rings (SSSR count). The van der Waals surface area contributed by atoms with Crippen molar-refractivity contribution in [1.82, 2.24) is 19.5 Å². The normalized spacial score (nSPS) is 19.2. The van der Waals surface area contributed by atoms with Crippen molar-refractivity contribution in [3.8, 4) is 11.1 Å². The average Bonchev–Trinajstić information content (AvgIpc) is 3.63. The first-order chi connectivity index (χ1) is 17.1. The van der Waals surface area contributed by atoms with Gasteiger partial charge in [-0.15, -0.1) is 0 Å². The highest BCUT2D eigenvalue weighted by molar-refractivity contribution is 6.13. The van der Waals surface area contributed by atoms with Crippen molar-refractivity contribution < 1.29 is 9.90 Å². The van der Waals surface area contributed by atoms with Crippen molar-refractivity contribution in [3.63, 3.8) is 0 Å². The summed E-state index contributed by atoms with van der Waals surface area (Å²) in [4.78, 5) is 27.3. The molecule has 4 aromatic rings. The van der Waals surface area contributed by atoms with Gasteiger partial charge in [0.2, 0.25) is 0 Å². The first-order valence-corrected chi connectivity index (χ1v) is 12.8. The fourth-order valence-electron chi connectivity index (χ4n) is 6.13. The molecule has 2 aromatic carbocycles. The van der Waals surface area contributed by atoms with E-state index in [-0.39, 0.29) is 6.61 Å². The van der Waals surface area contributed by atoms with Crippen LogP contribution in [-0.4, -0.2) is 50.2 Å². The number of hydrogen-bond donors (Lipinski definition) is 3. The zero-order valence-corrected chi connectivity index (χ0v) is 19.9. The number of H-pyrrole nitrogens is 1. The molecular weight excluding hydrogens is 440 g/mol. The van der Waals surface area contributed by atoms with E-state index in [9.17, 15) is 9.90 Å². The molecule has 2 aliphatic rings. The summed E-state index contributed by atoms with van der Waals surface area (Å²) >= 11 is 0. The molecule has 8 heteroatoms. The zero-order chi connectivity index (χ0) is 23.9. The fraction of sp³-hybridized carbons (Fsp3) is 0.444. The summed E-state index contributed by atoms with van der Waals surface area (Å²) in [6.45, 7) is 1.80. The number of primary amides is 1. The second-order valence-corrected chi connectivity index (χ2v) is 10.1. The first-order valence-electron chi connectivity index (χ1n) is 12.8. The van der Waals surface area contributed by atoms with Crippen molar-refractivity contribution in [1.29, 1.82) is 0 Å². The van der Waals surface area contributed by atoms with Gasteiger partial charge >= 0.3 is 0 Å². The van der Waals surface area contributed by atoms with Gasteiger partial charge in [0, 0.05) is 31.3 Å². The van der Waals surface area contributed by atoms with Crippen LogP contribution in [0.25, 0.3) is 33.2 Å². The minimum Gasteiger partial charge on any atom is -0.396 e. The van der Waals surface area contributed by atoms with Gasteiger partial charge in [0.25, 0.3) is 5.91 Å². The summed E-state index contributed by atoms with van der Waals surface area (Å²) in [5.41, 5.74) is 12.7. The van der Waals surface area contributed by atoms with Gasteiger partial charge in [-0.2, -0.15) is 0 Å². The Kier molecular flexibility index (Phi) is 5.68. The topological polar surface area (TPSA) is 113 Å². The number of hydrogen-bond acceptors (Lipinski definition) is 5. The molecule has 1 saturated heterocycles. The molecule has 0 spiro atoms. The van der Waals surface area contributed by atoms with E-state index in [1.165, 1.54) is 37.6 Å². The maximum atomic E-state index is 12.6. The Bertz CT molecular complexity index is 1380. The number of aromatic amines is 1. The molecule has 35 heavy (non-hydrogen) atoms. The highest BCUT2D eigenvalue weighted by Crippen LogP contribution is 2.39. The van der Waals surface area contributed by atoms with Crippen LogP contribution in [0.2, 0.25) is 0 Å². The number of aliphatic hydroxyl groups excluding tert-OH is 1. The Morgan fingerprint density at radius 1 is 1.14 bits per heavy atom. The third-order valence-electron chi connectivity index (χ3n) is 7.95. The maximum absolute atomic E-state index is 12.6. The zero-order valence-electron chi connectivity index (χ0n) is 19.9. The lowest BCUT2D eigenvalue weighted by atomic mass is 9.95. The van der Waals surface area contributed by atoms with E-state index in [1.54, 1.807) is 6.33 Å². The Balaban J connectivity index is 1.45. The van der Waals surface area contributed by atoms with E-state index in [1.807, 2.05) is 6.33 Å². The molecule has 1 unspecified atom stereocenters. The lowest BCUT2D eigenvalue weighted by Gasteiger charge is -2.24. The molecular formula is C27H32N6O2. The molecule has 1 saturated carbocycles. The van der Waals surface area contributed by atoms with Gasteiger partial charge in [0.05, 0.1) is 46.0 Å². The summed E-state index contributed by atoms with van der Waals surface area (Å²) in [7, 11) is 0. The van der Waals surface area contributed by atoms with Gasteiger partial charge in [-0.05, 0) is 55.4 Å². The summed E-state index contributed by atoms with van der Waals surface area (Å²) in [5, 5.41) is 9.39. The van der Waals surface area contributed by atoms with Gasteiger partial charge in [-0.25, -0.2) is 9.97 Å². The SMILES string of the molecule is NC(=O)c1c(N2CCC(CCO)C2)cc(-c2ccc3c(c2)ncn3C2CCCCC2)c2nc[nH]c12. The number of rotatable bonds is 6. The van der Waals surface area contributed by atoms with E-state index in [2.05, 4.69) is 43.7 Å². The van der Waals surface area contributed by atoms with Crippen LogP contribution in [0.1, 0.15) is 61.3 Å². The van der Waals surface area contributed by atoms with Gasteiger partial charge < -0.3 is 25.3 Å². The molecule has 1 aliphatic carbocycles. The number of imidazole rings is 2. The molecule has 2 fully saturated rings. The Morgan fingerprint density at radius 2 is 2.00 bits per heavy atom. The molecule has 0 bridgehead atoms. The van der Waals surface area contributed by atoms with Crippen LogP contribution in [0, 0.1) is 5.92 Å². The molecule has 0 radical (unpaired) electrons. The summed E-state index contributed by atoms with van der Waals surface area (Å²) in [5.74, 6) is -0.0603. The number of anilines is 1. The Labute approximate surface area is 204 Å². The first kappa shape index (κ1) is 22.1. The number of carbonyl (C=O) groups excluding carboxylic acids is 1. The van der Waals surface area contributed by atoms with Gasteiger partial charge in [-0.1, -0.05) is 25.3 Å². The average molecular weight is 473 g/mol. The van der Waals surface area contributed by atoms with E-state index >= 15 is 0 Å². The Hall–Kier alpha value is -3.39. The number of nitrogens with zero attached hydrogens (tertiary/aromatic N) is 4. The third-order valence-corrected chi connectivity index (χ3v) is 7.95. The van der Waals surface area contributed by atoms with Crippen molar-refractivity contribution in [2.45, 2.75) is 51.0 Å². The van der Waals surface area contributed by atoms with Crippen molar-refractivity contribution in [3.05, 3.63) is 42.5 Å². The number of carbonyl (C=O) groups is 1. The second kappa shape index (κ2) is 9.00. The van der Waals surface area contributed by atoms with Gasteiger partial charge in [0.1, 0.15) is 0 Å². The number of amides is 1. The van der Waals surface area contributed by atoms with E-state index in [0.29, 0.717) is 23.0 Å². The highest BCUT2D eigenvalue weighted by Gasteiger charge is 2.28. The van der Waals surface area contributed by atoms with Crippen LogP contribution in [-0.2, 0) is 0 Å². The van der Waals surface area contributed by atoms with Gasteiger partial charge in [0.15, 0.2) is 0 Å². The van der Waals surface area contributed by atoms with E-state index in [4.69, 9.17) is 10.7 Å². The second-order valence-electron chi connectivity index (χ2n) is 10.1. The van der Waals surface area contributed by atoms with Crippen molar-refractivity contribution >= 4 is 33.7 Å². The molecule has 3 heterocycles. The minimum absolute atomic E-state index is 0.180. The van der Waals surface area contributed by atoms with Crippen molar-refractivity contribution in [2.75, 3.05) is 24.6 Å². The van der Waals surface area contributed by atoms with Crippen LogP contribution < -0.4 is 10.6 Å². The standard InChI is InChI=1S/C27H32N6O2/c28-27(35)24-23(32-10-8-17(14-32)9-11-34)13-20(25-26(24)30-15-29-25)18-6-7-22-21(12-18)31-16-33(22)19-4-2-1-3-5-19/h6-7,12-13,15-17,19,34H,1-5,8-11,14H2,(H2,28,35)(H,29,30). The maximum Gasteiger partial charge on any atom is 0.253 e. The molecule has 4 N–H and O–H groups in total. The predicted octanol–water partition coefficient (Wildman–Crippen LogP) is 4.39. The van der Waals surface area contributed by atoms with Crippen LogP contribution in [0.15, 0.2) is 36.9 Å². The monoisotopic (exact) mass is 472 g/mol. The van der Waals surface area contributed by atoms with E-state index < -0.39 is 5.91 Å². The summed E-state index contributed by atoms with van der Waals surface area (Å²) in [6, 6.07) is 9.02. The summed E-state index contributed by atoms with van der Waals surface area (Å²) in [6.07, 6.45) is 11.7. The highest BCUT2D eigenvalue weighted by atomic mass is 16.3. The third kappa shape index (κ3) is 3.86. The number of benzene rings is 2. The van der Waals surface area contributed by atoms with Crippen LogP contribution >= 0.6 is 0 Å². The number of nitrogens with two attached hydrogens (primary N) is 1. The molecule has 182 valence electrons. The molecule has 8 nitrogen and oxygen atoms in total. The van der Waals surface area contributed by atoms with Gasteiger partial charge in [-0.3, -0.25) is 4.79 Å². The number of nitrogens with one attached hydrogen (secondary N) is 1. The quantitative estimate of drug-likeness (QED) is 0.385. The van der Waals surface area contributed by atoms with Crippen LogP contribution in [0.5, 0.6) is 0 Å². The molecule has 1 aliphatic heterocycles. The van der Waals surface area contributed by atoms with E-state index in [0.717, 1.165) is 53.8 Å². The Morgan fingerprint density at radius 3 is 2.80 bits per heavy atom. The molecule has 2 aromatic heterocycles. The molecule has 1 amide bonds.